The molecule has 3 rings (SSSR count). The molecule has 0 unspecified atom stereocenters. The van der Waals surface area contributed by atoms with Gasteiger partial charge in [-0.05, 0) is 24.3 Å². The normalized spacial score (nSPS) is 9.46. The maximum Gasteiger partial charge on any atom is 0.220 e. The van der Waals surface area contributed by atoms with Gasteiger partial charge >= 0.3 is 0 Å². The first-order valence-electron chi connectivity index (χ1n) is 6.62. The van der Waals surface area contributed by atoms with Crippen LogP contribution in [-0.4, -0.2) is 29.3 Å². The number of hydrogen-bond acceptors (Lipinski definition) is 6. The number of phenols is 1. The Morgan fingerprint density at radius 2 is 1.75 bits per heavy atom. The average Bonchev–Trinajstić information content (AvgIpc) is 2.53. The van der Waals surface area contributed by atoms with Crippen LogP contribution in [0.1, 0.15) is 0 Å². The summed E-state index contributed by atoms with van der Waals surface area (Å²) in [6.45, 7) is 0. The van der Waals surface area contributed by atoms with Crippen LogP contribution in [0.3, 0.4) is 0 Å². The fourth-order valence-electron chi connectivity index (χ4n) is 1.85. The van der Waals surface area contributed by atoms with Gasteiger partial charge in [0.05, 0.1) is 19.7 Å². The van der Waals surface area contributed by atoms with E-state index in [1.54, 1.807) is 44.7 Å². The van der Waals surface area contributed by atoms with Crippen molar-refractivity contribution >= 4 is 45.2 Å². The van der Waals surface area contributed by atoms with Crippen molar-refractivity contribution in [2.24, 2.45) is 0 Å². The number of phenolic OH excluding ortho intramolecular Hbond substituents is 1. The number of aromatic hydroxyl groups is 1. The quantitative estimate of drug-likeness (QED) is 0.663. The van der Waals surface area contributed by atoms with Gasteiger partial charge in [-0.1, -0.05) is 22.0 Å². The van der Waals surface area contributed by atoms with Gasteiger partial charge in [0.1, 0.15) is 5.75 Å². The Balaban J connectivity index is 0.000000273. The number of nitrogens with zero attached hydrogens (tertiary/aromatic N) is 2. The van der Waals surface area contributed by atoms with Gasteiger partial charge in [0.25, 0.3) is 0 Å². The van der Waals surface area contributed by atoms with Gasteiger partial charge in [-0.2, -0.15) is 0 Å². The van der Waals surface area contributed by atoms with Gasteiger partial charge in [-0.3, -0.25) is 0 Å². The molecule has 0 atom stereocenters. The number of nitrogens with two attached hydrogens (primary N) is 1. The predicted octanol–water partition coefficient (Wildman–Crippen LogP) is 3.81. The van der Waals surface area contributed by atoms with Crippen molar-refractivity contribution in [2.45, 2.75) is 0 Å². The molecule has 0 spiro atoms. The number of fused-ring (bicyclic) bond motifs is 1. The molecule has 3 N–H and O–H groups in total. The van der Waals surface area contributed by atoms with Crippen LogP contribution in [0.15, 0.2) is 47.1 Å². The minimum Gasteiger partial charge on any atom is -0.508 e. The maximum absolute atomic E-state index is 8.78. The smallest absolute Gasteiger partial charge is 0.220 e. The van der Waals surface area contributed by atoms with E-state index in [2.05, 4.69) is 25.9 Å². The Morgan fingerprint density at radius 1 is 1.08 bits per heavy atom. The van der Waals surface area contributed by atoms with Crippen molar-refractivity contribution in [3.63, 3.8) is 0 Å². The van der Waals surface area contributed by atoms with Crippen molar-refractivity contribution in [2.75, 3.05) is 20.0 Å². The molecule has 8 heteroatoms. The molecule has 6 nitrogen and oxygen atoms in total. The number of rotatable bonds is 2. The molecule has 0 fully saturated rings. The highest BCUT2D eigenvalue weighted by atomic mass is 79.9. The van der Waals surface area contributed by atoms with Gasteiger partial charge in [-0.25, -0.2) is 9.97 Å². The van der Waals surface area contributed by atoms with Crippen molar-refractivity contribution in [3.8, 4) is 17.2 Å². The van der Waals surface area contributed by atoms with E-state index in [0.29, 0.717) is 17.2 Å². The van der Waals surface area contributed by atoms with Crippen LogP contribution in [0.5, 0.6) is 17.2 Å². The molecule has 128 valence electrons. The fraction of sp³-hybridized carbons (Fsp3) is 0.125. The first-order chi connectivity index (χ1) is 11.0. The molecule has 0 amide bonds. The van der Waals surface area contributed by atoms with Crippen LogP contribution < -0.4 is 15.2 Å². The van der Waals surface area contributed by atoms with Crippen molar-refractivity contribution < 1.29 is 14.6 Å². The van der Waals surface area contributed by atoms with Gasteiger partial charge in [0.15, 0.2) is 11.5 Å². The Hall–Kier alpha value is -2.25. The molecular formula is C16H17BrClN3O3. The lowest BCUT2D eigenvalue weighted by Crippen LogP contribution is -1.96. The van der Waals surface area contributed by atoms with Crippen LogP contribution in [-0.2, 0) is 0 Å². The van der Waals surface area contributed by atoms with Crippen molar-refractivity contribution in [3.05, 3.63) is 47.1 Å². The first kappa shape index (κ1) is 19.8. The lowest BCUT2D eigenvalue weighted by Gasteiger charge is -2.08. The highest BCUT2D eigenvalue weighted by molar-refractivity contribution is 9.10. The third kappa shape index (κ3) is 5.14. The van der Waals surface area contributed by atoms with Crippen LogP contribution in [0, 0.1) is 0 Å². The monoisotopic (exact) mass is 413 g/mol. The summed E-state index contributed by atoms with van der Waals surface area (Å²) in [5, 5.41) is 9.65. The maximum atomic E-state index is 8.78. The molecule has 0 aliphatic rings. The molecule has 3 aromatic rings. The van der Waals surface area contributed by atoms with E-state index in [4.69, 9.17) is 20.3 Å². The minimum atomic E-state index is 0. The van der Waals surface area contributed by atoms with E-state index in [1.165, 1.54) is 0 Å². The number of nitrogen functional groups attached to an aromatic ring is 1. The number of aromatic nitrogens is 2. The topological polar surface area (TPSA) is 90.5 Å². The average molecular weight is 415 g/mol. The molecule has 1 heterocycles. The molecular weight excluding hydrogens is 398 g/mol. The third-order valence-corrected chi connectivity index (χ3v) is 3.41. The van der Waals surface area contributed by atoms with Gasteiger partial charge in [-0.15, -0.1) is 12.4 Å². The largest absolute Gasteiger partial charge is 0.508 e. The van der Waals surface area contributed by atoms with E-state index < -0.39 is 0 Å². The summed E-state index contributed by atoms with van der Waals surface area (Å²) in [6.07, 6.45) is 1.65. The Bertz CT molecular complexity index is 800. The molecule has 0 saturated heterocycles. The second-order valence-electron chi connectivity index (χ2n) is 4.47. The molecule has 0 saturated carbocycles. The Morgan fingerprint density at radius 3 is 2.29 bits per heavy atom. The zero-order chi connectivity index (χ0) is 16.8. The van der Waals surface area contributed by atoms with Crippen molar-refractivity contribution in [1.29, 1.82) is 0 Å². The number of methoxy groups -OCH3 is 2. The summed E-state index contributed by atoms with van der Waals surface area (Å²) in [6, 6.07) is 10.5. The summed E-state index contributed by atoms with van der Waals surface area (Å²) < 4.78 is 11.2. The number of anilines is 1. The van der Waals surface area contributed by atoms with E-state index in [9.17, 15) is 0 Å². The van der Waals surface area contributed by atoms with Crippen LogP contribution in [0.2, 0.25) is 0 Å². The van der Waals surface area contributed by atoms with E-state index in [1.807, 2.05) is 12.1 Å². The Labute approximate surface area is 154 Å². The standard InChI is InChI=1S/C10H11N3O2.C6H5BrO.ClH/c1-14-8-3-6-5-12-10(11)13-7(6)4-9(8)15-2;7-5-2-1-3-6(8)4-5;/h3-5H,1-2H3,(H2,11,12,13);1-4,8H;1H. The highest BCUT2D eigenvalue weighted by Crippen LogP contribution is 2.30. The second kappa shape index (κ2) is 9.14. The van der Waals surface area contributed by atoms with Gasteiger partial charge < -0.3 is 20.3 Å². The fourth-order valence-corrected chi connectivity index (χ4v) is 2.24. The van der Waals surface area contributed by atoms with Crippen molar-refractivity contribution in [1.82, 2.24) is 9.97 Å². The zero-order valence-electron chi connectivity index (χ0n) is 13.1. The number of hydrogen-bond donors (Lipinski definition) is 2. The summed E-state index contributed by atoms with van der Waals surface area (Å²) in [4.78, 5) is 8.00. The van der Waals surface area contributed by atoms with Crippen LogP contribution >= 0.6 is 28.3 Å². The molecule has 1 aromatic heterocycles. The summed E-state index contributed by atoms with van der Waals surface area (Å²) in [5.74, 6) is 1.82. The highest BCUT2D eigenvalue weighted by Gasteiger charge is 2.06. The number of benzene rings is 2. The molecule has 24 heavy (non-hydrogen) atoms. The molecule has 0 bridgehead atoms. The van der Waals surface area contributed by atoms with Crippen LogP contribution in [0.25, 0.3) is 10.9 Å². The molecule has 0 radical (unpaired) electrons. The Kier molecular flexibility index (Phi) is 7.54. The lowest BCUT2D eigenvalue weighted by molar-refractivity contribution is 0.356. The van der Waals surface area contributed by atoms with Crippen LogP contribution in [0.4, 0.5) is 5.95 Å². The predicted molar refractivity (Wildman–Crippen MR) is 100 cm³/mol. The summed E-state index contributed by atoms with van der Waals surface area (Å²) in [7, 11) is 3.16. The molecule has 2 aromatic carbocycles. The van der Waals surface area contributed by atoms with Gasteiger partial charge in [0, 0.05) is 22.1 Å². The minimum absolute atomic E-state index is 0. The molecule has 0 aliphatic carbocycles. The van der Waals surface area contributed by atoms with E-state index in [-0.39, 0.29) is 18.4 Å². The van der Waals surface area contributed by atoms with E-state index >= 15 is 0 Å². The summed E-state index contributed by atoms with van der Waals surface area (Å²) >= 11 is 3.20. The number of ether oxygens (including phenoxy) is 2. The third-order valence-electron chi connectivity index (χ3n) is 2.91. The SMILES string of the molecule is COc1cc2cnc(N)nc2cc1OC.Cl.Oc1cccc(Br)c1. The number of halogens is 2. The summed E-state index contributed by atoms with van der Waals surface area (Å²) in [5.41, 5.74) is 6.23. The second-order valence-corrected chi connectivity index (χ2v) is 5.39. The molecule has 0 aliphatic heterocycles. The lowest BCUT2D eigenvalue weighted by atomic mass is 10.2. The zero-order valence-corrected chi connectivity index (χ0v) is 15.5. The van der Waals surface area contributed by atoms with Gasteiger partial charge in [0.2, 0.25) is 5.95 Å². The first-order valence-corrected chi connectivity index (χ1v) is 7.41. The van der Waals surface area contributed by atoms with E-state index in [0.717, 1.165) is 15.4 Å².